The van der Waals surface area contributed by atoms with E-state index in [1.54, 1.807) is 24.5 Å². The van der Waals surface area contributed by atoms with Crippen LogP contribution in [0.5, 0.6) is 0 Å². The van der Waals surface area contributed by atoms with Crippen LogP contribution < -0.4 is 16.4 Å². The van der Waals surface area contributed by atoms with Crippen molar-refractivity contribution in [2.75, 3.05) is 29.5 Å². The van der Waals surface area contributed by atoms with E-state index in [9.17, 15) is 0 Å². The fourth-order valence-electron chi connectivity index (χ4n) is 3.39. The van der Waals surface area contributed by atoms with E-state index >= 15 is 0 Å². The van der Waals surface area contributed by atoms with Gasteiger partial charge in [-0.1, -0.05) is 23.2 Å². The minimum atomic E-state index is 0.523. The van der Waals surface area contributed by atoms with Crippen LogP contribution in [-0.4, -0.2) is 34.7 Å². The number of hydrogen-bond donors (Lipinski definition) is 3. The molecule has 10 heteroatoms. The van der Waals surface area contributed by atoms with Gasteiger partial charge in [0.25, 0.3) is 0 Å². The van der Waals surface area contributed by atoms with Crippen molar-refractivity contribution in [3.8, 4) is 0 Å². The molecule has 0 atom stereocenters. The van der Waals surface area contributed by atoms with Crippen molar-refractivity contribution in [1.82, 2.24) is 9.97 Å². The number of nitrogen functional groups attached to an aromatic ring is 1. The van der Waals surface area contributed by atoms with Crippen LogP contribution in [0.2, 0.25) is 10.0 Å². The Morgan fingerprint density at radius 3 is 2.12 bits per heavy atom. The molecule has 3 heterocycles. The Hall–Kier alpha value is -2.42. The predicted octanol–water partition coefficient (Wildman–Crippen LogP) is 6.18. The number of nitrogens with zero attached hydrogens (tertiary/aromatic N) is 4. The lowest BCUT2D eigenvalue weighted by Gasteiger charge is -2.10. The Kier molecular flexibility index (Phi) is 7.44. The lowest BCUT2D eigenvalue weighted by molar-refractivity contribution is 0.951. The van der Waals surface area contributed by atoms with E-state index in [1.807, 2.05) is 12.1 Å². The number of hydrogen-bond acceptors (Lipinski definition) is 7. The standard InChI is InChI=1S/C12H11BrN4.C10H11Cl2N3/c13-11-8(17-10-2-1-5-15-10)3-4-9-12(11)16-7-6-14-9;11-7-4-6(13)5-8(12)10(7)15-9-2-1-3-14-9/h3-4,6-7H,1-2,5H2,(H,15,17);4-5H,1-3,13H2,(H,14,15). The average molecular weight is 535 g/mol. The normalized spacial score (nSPS) is 15.1. The third kappa shape index (κ3) is 5.49. The van der Waals surface area contributed by atoms with E-state index in [-0.39, 0.29) is 0 Å². The molecule has 0 amide bonds. The van der Waals surface area contributed by atoms with Gasteiger partial charge >= 0.3 is 0 Å². The van der Waals surface area contributed by atoms with Gasteiger partial charge in [-0.15, -0.1) is 0 Å². The summed E-state index contributed by atoms with van der Waals surface area (Å²) in [4.78, 5) is 17.3. The van der Waals surface area contributed by atoms with Crippen LogP contribution in [0.1, 0.15) is 25.7 Å². The number of halogens is 3. The summed E-state index contributed by atoms with van der Waals surface area (Å²) in [5, 5.41) is 7.52. The monoisotopic (exact) mass is 533 g/mol. The number of rotatable bonds is 2. The summed E-state index contributed by atoms with van der Waals surface area (Å²) in [6.45, 7) is 1.79. The highest BCUT2D eigenvalue weighted by molar-refractivity contribution is 9.10. The van der Waals surface area contributed by atoms with Gasteiger partial charge in [0.1, 0.15) is 17.2 Å². The van der Waals surface area contributed by atoms with Crippen LogP contribution in [0.25, 0.3) is 11.0 Å². The topological polar surface area (TPSA) is 101 Å². The number of aromatic nitrogens is 2. The average Bonchev–Trinajstić information content (AvgIpc) is 3.48. The number of nitrogens with one attached hydrogen (secondary N) is 2. The summed E-state index contributed by atoms with van der Waals surface area (Å²) in [5.74, 6) is 1.98. The minimum Gasteiger partial charge on any atom is -0.399 e. The lowest BCUT2D eigenvalue weighted by Crippen LogP contribution is -2.09. The maximum absolute atomic E-state index is 6.03. The van der Waals surface area contributed by atoms with E-state index in [1.165, 1.54) is 0 Å². The Labute approximate surface area is 204 Å². The van der Waals surface area contributed by atoms with Gasteiger partial charge in [-0.3, -0.25) is 20.0 Å². The van der Waals surface area contributed by atoms with Gasteiger partial charge in [-0.2, -0.15) is 0 Å². The fourth-order valence-corrected chi connectivity index (χ4v) is 4.53. The zero-order valence-electron chi connectivity index (χ0n) is 17.2. The Morgan fingerprint density at radius 2 is 1.50 bits per heavy atom. The molecule has 0 radical (unpaired) electrons. The van der Waals surface area contributed by atoms with Crippen LogP contribution >= 0.6 is 39.1 Å². The number of amidine groups is 2. The molecule has 32 heavy (non-hydrogen) atoms. The minimum absolute atomic E-state index is 0.523. The Balaban J connectivity index is 0.000000155. The van der Waals surface area contributed by atoms with Gasteiger partial charge in [-0.05, 0) is 53.0 Å². The molecule has 7 nitrogen and oxygen atoms in total. The quantitative estimate of drug-likeness (QED) is 0.341. The van der Waals surface area contributed by atoms with E-state index in [0.717, 1.165) is 71.6 Å². The number of benzene rings is 2. The molecule has 2 aliphatic heterocycles. The maximum atomic E-state index is 6.03. The highest BCUT2D eigenvalue weighted by Gasteiger charge is 2.12. The van der Waals surface area contributed by atoms with Crippen molar-refractivity contribution >= 4 is 78.9 Å². The molecular weight excluding hydrogens is 513 g/mol. The summed E-state index contributed by atoms with van der Waals surface area (Å²) in [6, 6.07) is 7.31. The molecule has 0 aliphatic carbocycles. The number of fused-ring (bicyclic) bond motifs is 1. The van der Waals surface area contributed by atoms with Crippen molar-refractivity contribution < 1.29 is 0 Å². The second kappa shape index (κ2) is 10.5. The van der Waals surface area contributed by atoms with Gasteiger partial charge in [0.2, 0.25) is 0 Å². The van der Waals surface area contributed by atoms with Gasteiger partial charge in [0, 0.05) is 44.0 Å². The lowest BCUT2D eigenvalue weighted by atomic mass is 10.2. The first-order chi connectivity index (χ1) is 15.5. The smallest absolute Gasteiger partial charge is 0.105 e. The molecular formula is C22H22BrCl2N7. The molecule has 0 saturated carbocycles. The van der Waals surface area contributed by atoms with Crippen LogP contribution in [0.4, 0.5) is 17.1 Å². The largest absolute Gasteiger partial charge is 0.399 e. The van der Waals surface area contributed by atoms with E-state index in [0.29, 0.717) is 21.4 Å². The second-order valence-corrected chi connectivity index (χ2v) is 8.93. The molecule has 0 unspecified atom stereocenters. The first kappa shape index (κ1) is 22.8. The molecule has 2 aromatic carbocycles. The summed E-state index contributed by atoms with van der Waals surface area (Å²) in [7, 11) is 0. The third-order valence-corrected chi connectivity index (χ3v) is 6.34. The highest BCUT2D eigenvalue weighted by Crippen LogP contribution is 2.33. The molecule has 0 saturated heterocycles. The molecule has 0 fully saturated rings. The first-order valence-electron chi connectivity index (χ1n) is 10.3. The molecule has 4 N–H and O–H groups in total. The van der Waals surface area contributed by atoms with Crippen molar-refractivity contribution in [2.24, 2.45) is 9.98 Å². The second-order valence-electron chi connectivity index (χ2n) is 7.32. The van der Waals surface area contributed by atoms with Crippen LogP contribution in [0.3, 0.4) is 0 Å². The van der Waals surface area contributed by atoms with E-state index in [2.05, 4.69) is 46.5 Å². The Bertz CT molecular complexity index is 1170. The summed E-state index contributed by atoms with van der Waals surface area (Å²) < 4.78 is 0.942. The maximum Gasteiger partial charge on any atom is 0.105 e. The third-order valence-electron chi connectivity index (χ3n) is 4.94. The van der Waals surface area contributed by atoms with Gasteiger partial charge in [-0.25, -0.2) is 0 Å². The number of anilines is 3. The van der Waals surface area contributed by atoms with Gasteiger partial charge in [0.05, 0.1) is 31.4 Å². The van der Waals surface area contributed by atoms with Crippen LogP contribution in [-0.2, 0) is 0 Å². The highest BCUT2D eigenvalue weighted by atomic mass is 79.9. The van der Waals surface area contributed by atoms with Crippen molar-refractivity contribution in [3.05, 3.63) is 51.2 Å². The van der Waals surface area contributed by atoms with E-state index < -0.39 is 0 Å². The predicted molar refractivity (Wildman–Crippen MR) is 138 cm³/mol. The van der Waals surface area contributed by atoms with Crippen molar-refractivity contribution in [2.45, 2.75) is 25.7 Å². The first-order valence-corrected chi connectivity index (χ1v) is 11.8. The fraction of sp³-hybridized carbons (Fsp3) is 0.273. The van der Waals surface area contributed by atoms with Gasteiger partial charge < -0.3 is 16.4 Å². The van der Waals surface area contributed by atoms with Crippen molar-refractivity contribution in [3.63, 3.8) is 0 Å². The zero-order valence-corrected chi connectivity index (χ0v) is 20.3. The molecule has 5 rings (SSSR count). The Morgan fingerprint density at radius 1 is 0.875 bits per heavy atom. The van der Waals surface area contributed by atoms with Crippen LogP contribution in [0, 0.1) is 0 Å². The molecule has 166 valence electrons. The number of aliphatic imine (C=N–C) groups is 2. The van der Waals surface area contributed by atoms with E-state index in [4.69, 9.17) is 28.9 Å². The molecule has 3 aromatic rings. The summed E-state index contributed by atoms with van der Waals surface area (Å²) in [6.07, 6.45) is 7.56. The molecule has 1 aromatic heterocycles. The molecule has 2 aliphatic rings. The summed E-state index contributed by atoms with van der Waals surface area (Å²) in [5.41, 5.74) is 9.61. The summed E-state index contributed by atoms with van der Waals surface area (Å²) >= 11 is 15.6. The molecule has 0 spiro atoms. The van der Waals surface area contributed by atoms with Crippen LogP contribution in [0.15, 0.2) is 51.1 Å². The van der Waals surface area contributed by atoms with Gasteiger partial charge in [0.15, 0.2) is 0 Å². The zero-order chi connectivity index (χ0) is 22.5. The number of nitrogens with two attached hydrogens (primary N) is 1. The van der Waals surface area contributed by atoms with Crippen molar-refractivity contribution in [1.29, 1.82) is 0 Å². The SMILES string of the molecule is Brc1c(NC2=NCCC2)ccc2nccnc12.Nc1cc(Cl)c(NC2=NCCC2)c(Cl)c1. The molecule has 0 bridgehead atoms.